The van der Waals surface area contributed by atoms with Gasteiger partial charge < -0.3 is 0 Å². The summed E-state index contributed by atoms with van der Waals surface area (Å²) in [5.41, 5.74) is -3.46. The summed E-state index contributed by atoms with van der Waals surface area (Å²) in [6, 6.07) is 12.5. The largest absolute Gasteiger partial charge is 0.431 e. The van der Waals surface area contributed by atoms with Gasteiger partial charge in [-0.2, -0.15) is 23.5 Å². The van der Waals surface area contributed by atoms with Crippen LogP contribution in [0.25, 0.3) is 0 Å². The van der Waals surface area contributed by atoms with Crippen molar-refractivity contribution < 1.29 is 22.4 Å². The first-order valence-corrected chi connectivity index (χ1v) is 12.6. The summed E-state index contributed by atoms with van der Waals surface area (Å²) in [6.07, 6.45) is -3.04. The number of fused-ring (bicyclic) bond motifs is 2. The molecule has 2 fully saturated rings. The fourth-order valence-electron chi connectivity index (χ4n) is 6.08. The second-order valence-electron chi connectivity index (χ2n) is 9.23. The molecular formula is C25H22F4IN5O. The molecule has 1 spiro atoms. The molecule has 3 unspecified atom stereocenters. The minimum atomic E-state index is -4.79. The molecule has 36 heavy (non-hydrogen) atoms. The Labute approximate surface area is 219 Å². The van der Waals surface area contributed by atoms with Crippen molar-refractivity contribution in [3.63, 3.8) is 0 Å². The number of rotatable bonds is 3. The van der Waals surface area contributed by atoms with Gasteiger partial charge in [0.2, 0.25) is 5.66 Å². The highest BCUT2D eigenvalue weighted by Gasteiger charge is 2.75. The summed E-state index contributed by atoms with van der Waals surface area (Å²) in [6.45, 7) is 3.68. The number of alkyl halides is 3. The SMILES string of the molecule is CCC12CCCN1C1(C(=O)N2c2ccc(I)cc2)C(C)C(C(F)(F)F)=NN1c1ccc(F)c(C#N)c1. The van der Waals surface area contributed by atoms with Gasteiger partial charge in [0, 0.05) is 15.8 Å². The van der Waals surface area contributed by atoms with E-state index in [1.807, 2.05) is 24.0 Å². The van der Waals surface area contributed by atoms with Gasteiger partial charge in [0.05, 0.1) is 17.2 Å². The standard InChI is InChI=1S/C25H22F4IN5O/c1-3-23-11-4-12-33(23)24(22(36)34(23)18-7-5-17(30)6-8-18)15(2)21(25(27,28)29)32-35(24)19-9-10-20(26)16(13-19)14-31/h5-10,13,15H,3-4,11-12H2,1-2H3. The van der Waals surface area contributed by atoms with Gasteiger partial charge in [0.15, 0.2) is 0 Å². The Hall–Kier alpha value is -2.72. The number of benzene rings is 2. The molecule has 0 bridgehead atoms. The van der Waals surface area contributed by atoms with E-state index in [0.717, 1.165) is 20.7 Å². The van der Waals surface area contributed by atoms with Crippen LogP contribution in [-0.2, 0) is 4.79 Å². The number of nitriles is 1. The highest BCUT2D eigenvalue weighted by atomic mass is 127. The zero-order valence-electron chi connectivity index (χ0n) is 19.5. The molecule has 3 aliphatic rings. The molecule has 0 radical (unpaired) electrons. The maximum Gasteiger partial charge on any atom is 0.431 e. The van der Waals surface area contributed by atoms with E-state index in [2.05, 4.69) is 27.7 Å². The average Bonchev–Trinajstić information content (AvgIpc) is 3.46. The monoisotopic (exact) mass is 611 g/mol. The van der Waals surface area contributed by atoms with Gasteiger partial charge in [0.1, 0.15) is 23.3 Å². The van der Waals surface area contributed by atoms with Crippen molar-refractivity contribution >= 4 is 45.6 Å². The molecule has 5 rings (SSSR count). The topological polar surface area (TPSA) is 62.9 Å². The molecule has 3 heterocycles. The molecular weight excluding hydrogens is 589 g/mol. The van der Waals surface area contributed by atoms with E-state index in [-0.39, 0.29) is 11.3 Å². The molecule has 0 saturated carbocycles. The van der Waals surface area contributed by atoms with Gasteiger partial charge in [-0.1, -0.05) is 13.8 Å². The van der Waals surface area contributed by atoms with E-state index >= 15 is 0 Å². The van der Waals surface area contributed by atoms with Crippen LogP contribution in [0.3, 0.4) is 0 Å². The second kappa shape index (κ2) is 8.41. The first-order chi connectivity index (χ1) is 17.0. The zero-order valence-corrected chi connectivity index (χ0v) is 21.6. The fourth-order valence-corrected chi connectivity index (χ4v) is 6.44. The van der Waals surface area contributed by atoms with Crippen LogP contribution < -0.4 is 9.91 Å². The Morgan fingerprint density at radius 1 is 1.19 bits per heavy atom. The van der Waals surface area contributed by atoms with Gasteiger partial charge in [0.25, 0.3) is 5.91 Å². The number of hydrazone groups is 1. The van der Waals surface area contributed by atoms with Gasteiger partial charge in [-0.25, -0.2) is 14.3 Å². The van der Waals surface area contributed by atoms with Crippen molar-refractivity contribution in [3.05, 3.63) is 57.4 Å². The Morgan fingerprint density at radius 3 is 2.47 bits per heavy atom. The lowest BCUT2D eigenvalue weighted by molar-refractivity contribution is -0.126. The summed E-state index contributed by atoms with van der Waals surface area (Å²) in [5, 5.41) is 14.4. The summed E-state index contributed by atoms with van der Waals surface area (Å²) >= 11 is 2.15. The van der Waals surface area contributed by atoms with Crippen LogP contribution in [0.5, 0.6) is 0 Å². The number of hydrogen-bond acceptors (Lipinski definition) is 5. The van der Waals surface area contributed by atoms with E-state index in [1.54, 1.807) is 23.1 Å². The smallest absolute Gasteiger partial charge is 0.290 e. The number of carbonyl (C=O) groups is 1. The first-order valence-electron chi connectivity index (χ1n) is 11.6. The molecule has 0 aliphatic carbocycles. The van der Waals surface area contributed by atoms with Gasteiger partial charge in [-0.15, -0.1) is 0 Å². The number of amides is 1. The maximum absolute atomic E-state index is 14.5. The predicted molar refractivity (Wildman–Crippen MR) is 135 cm³/mol. The molecule has 0 N–H and O–H groups in total. The van der Waals surface area contributed by atoms with Crippen molar-refractivity contribution in [2.75, 3.05) is 16.5 Å². The molecule has 3 aliphatic heterocycles. The van der Waals surface area contributed by atoms with Crippen LogP contribution in [0.2, 0.25) is 0 Å². The van der Waals surface area contributed by atoms with Gasteiger partial charge in [-0.05, 0) is 84.3 Å². The van der Waals surface area contributed by atoms with E-state index in [9.17, 15) is 27.6 Å². The van der Waals surface area contributed by atoms with E-state index in [0.29, 0.717) is 31.5 Å². The van der Waals surface area contributed by atoms with E-state index in [1.165, 1.54) is 13.0 Å². The summed E-state index contributed by atoms with van der Waals surface area (Å²) in [4.78, 5) is 18.0. The van der Waals surface area contributed by atoms with Crippen molar-refractivity contribution in [2.24, 2.45) is 11.0 Å². The van der Waals surface area contributed by atoms with Crippen LogP contribution >= 0.6 is 22.6 Å². The van der Waals surface area contributed by atoms with Crippen molar-refractivity contribution in [3.8, 4) is 6.07 Å². The molecule has 188 valence electrons. The minimum absolute atomic E-state index is 0.0498. The number of hydrogen-bond donors (Lipinski definition) is 0. The summed E-state index contributed by atoms with van der Waals surface area (Å²) in [5.74, 6) is -2.67. The van der Waals surface area contributed by atoms with Crippen LogP contribution in [0.15, 0.2) is 47.6 Å². The average molecular weight is 611 g/mol. The van der Waals surface area contributed by atoms with Gasteiger partial charge >= 0.3 is 6.18 Å². The van der Waals surface area contributed by atoms with Crippen LogP contribution in [0.1, 0.15) is 38.7 Å². The number of nitrogens with zero attached hydrogens (tertiary/aromatic N) is 5. The molecule has 0 aromatic heterocycles. The highest BCUT2D eigenvalue weighted by Crippen LogP contribution is 2.57. The molecule has 1 amide bonds. The van der Waals surface area contributed by atoms with E-state index < -0.39 is 40.9 Å². The highest BCUT2D eigenvalue weighted by molar-refractivity contribution is 14.1. The normalized spacial score (nSPS) is 28.1. The van der Waals surface area contributed by atoms with Crippen LogP contribution in [0, 0.1) is 26.6 Å². The zero-order chi connectivity index (χ0) is 26.0. The third-order valence-electron chi connectivity index (χ3n) is 7.61. The molecule has 2 aromatic rings. The van der Waals surface area contributed by atoms with Crippen LogP contribution in [0.4, 0.5) is 28.9 Å². The third kappa shape index (κ3) is 3.23. The van der Waals surface area contributed by atoms with Crippen molar-refractivity contribution in [1.82, 2.24) is 4.90 Å². The van der Waals surface area contributed by atoms with Gasteiger partial charge in [-0.3, -0.25) is 9.69 Å². The lowest BCUT2D eigenvalue weighted by Crippen LogP contribution is -2.64. The van der Waals surface area contributed by atoms with E-state index in [4.69, 9.17) is 0 Å². The number of carbonyl (C=O) groups excluding carboxylic acids is 1. The number of anilines is 2. The fraction of sp³-hybridized carbons (Fsp3) is 0.400. The molecule has 2 saturated heterocycles. The third-order valence-corrected chi connectivity index (χ3v) is 8.33. The lowest BCUT2D eigenvalue weighted by atomic mass is 9.88. The lowest BCUT2D eigenvalue weighted by Gasteiger charge is -2.44. The maximum atomic E-state index is 14.5. The van der Waals surface area contributed by atoms with Crippen molar-refractivity contribution in [1.29, 1.82) is 5.26 Å². The number of halogens is 5. The molecule has 3 atom stereocenters. The van der Waals surface area contributed by atoms with Crippen LogP contribution in [-0.4, -0.2) is 40.6 Å². The Morgan fingerprint density at radius 2 is 1.86 bits per heavy atom. The minimum Gasteiger partial charge on any atom is -0.290 e. The molecule has 2 aromatic carbocycles. The summed E-state index contributed by atoms with van der Waals surface area (Å²) in [7, 11) is 0. The Kier molecular flexibility index (Phi) is 5.83. The quantitative estimate of drug-likeness (QED) is 0.334. The second-order valence-corrected chi connectivity index (χ2v) is 10.5. The molecule has 6 nitrogen and oxygen atoms in total. The summed E-state index contributed by atoms with van der Waals surface area (Å²) < 4.78 is 57.8. The van der Waals surface area contributed by atoms with Crippen molar-refractivity contribution in [2.45, 2.75) is 50.6 Å². The predicted octanol–water partition coefficient (Wildman–Crippen LogP) is 5.62. The Balaban J connectivity index is 1.78. The Bertz CT molecular complexity index is 1310. The molecule has 11 heteroatoms. The first kappa shape index (κ1) is 25.0.